The van der Waals surface area contributed by atoms with Gasteiger partial charge in [-0.05, 0) is 61.7 Å². The highest BCUT2D eigenvalue weighted by molar-refractivity contribution is 5.96. The largest absolute Gasteiger partial charge is 0.508 e. The Balaban J connectivity index is 1.62. The van der Waals surface area contributed by atoms with Crippen LogP contribution in [0.1, 0.15) is 53.9 Å². The van der Waals surface area contributed by atoms with Gasteiger partial charge in [0.15, 0.2) is 0 Å². The van der Waals surface area contributed by atoms with Crippen LogP contribution in [-0.4, -0.2) is 77.1 Å². The number of carbonyl (C=O) groups is 2. The van der Waals surface area contributed by atoms with Crippen LogP contribution in [0.25, 0.3) is 0 Å². The maximum Gasteiger partial charge on any atom is 0.325 e. The second-order valence-electron chi connectivity index (χ2n) is 10.4. The summed E-state index contributed by atoms with van der Waals surface area (Å²) in [6, 6.07) is 25.9. The number of esters is 1. The minimum absolute atomic E-state index is 0.106. The second-order valence-corrected chi connectivity index (χ2v) is 10.4. The number of amides is 1. The zero-order valence-electron chi connectivity index (χ0n) is 23.3. The molecule has 0 aliphatic carbocycles. The first-order valence-electron chi connectivity index (χ1n) is 13.6. The van der Waals surface area contributed by atoms with Gasteiger partial charge in [-0.2, -0.15) is 0 Å². The molecule has 0 radical (unpaired) electrons. The minimum atomic E-state index is -0.432. The van der Waals surface area contributed by atoms with Crippen molar-refractivity contribution in [3.05, 3.63) is 101 Å². The van der Waals surface area contributed by atoms with Gasteiger partial charge in [0.25, 0.3) is 5.91 Å². The van der Waals surface area contributed by atoms with Crippen molar-refractivity contribution in [2.75, 3.05) is 33.3 Å². The molecule has 7 heteroatoms. The van der Waals surface area contributed by atoms with Crippen molar-refractivity contribution in [2.45, 2.75) is 45.4 Å². The Morgan fingerprint density at radius 3 is 2.33 bits per heavy atom. The molecule has 0 spiro atoms. The maximum absolute atomic E-state index is 13.2. The number of hydrogen-bond donors (Lipinski definition) is 1. The van der Waals surface area contributed by atoms with Crippen LogP contribution in [0.5, 0.6) is 5.75 Å². The average Bonchev–Trinajstić information content (AvgIpc) is 2.92. The Kier molecular flexibility index (Phi) is 9.38. The van der Waals surface area contributed by atoms with E-state index in [0.717, 1.165) is 30.8 Å². The molecule has 1 aliphatic heterocycles. The van der Waals surface area contributed by atoms with E-state index in [1.807, 2.05) is 36.4 Å². The minimum Gasteiger partial charge on any atom is -0.508 e. The highest BCUT2D eigenvalue weighted by atomic mass is 16.5. The van der Waals surface area contributed by atoms with E-state index >= 15 is 0 Å². The molecule has 0 unspecified atom stereocenters. The Morgan fingerprint density at radius 2 is 1.64 bits per heavy atom. The van der Waals surface area contributed by atoms with Gasteiger partial charge in [-0.3, -0.25) is 19.4 Å². The van der Waals surface area contributed by atoms with E-state index in [-0.39, 0.29) is 36.9 Å². The molecular formula is C32H39N3O4. The Hall–Kier alpha value is -3.68. The molecule has 1 fully saturated rings. The zero-order chi connectivity index (χ0) is 27.9. The third kappa shape index (κ3) is 7.05. The van der Waals surface area contributed by atoms with Crippen molar-refractivity contribution >= 4 is 11.9 Å². The summed E-state index contributed by atoms with van der Waals surface area (Å²) in [7, 11) is 1.61. The van der Waals surface area contributed by atoms with Gasteiger partial charge in [-0.1, -0.05) is 54.6 Å². The van der Waals surface area contributed by atoms with Crippen LogP contribution in [0.2, 0.25) is 0 Å². The van der Waals surface area contributed by atoms with Gasteiger partial charge in [-0.25, -0.2) is 0 Å². The lowest BCUT2D eigenvalue weighted by molar-refractivity contribution is -0.143. The molecule has 0 bridgehead atoms. The summed E-state index contributed by atoms with van der Waals surface area (Å²) in [4.78, 5) is 31.5. The summed E-state index contributed by atoms with van der Waals surface area (Å²) in [6.45, 7) is 9.03. The highest BCUT2D eigenvalue weighted by Gasteiger charge is 2.35. The molecule has 1 aliphatic rings. The first-order valence-corrected chi connectivity index (χ1v) is 13.6. The fourth-order valence-corrected chi connectivity index (χ4v) is 5.43. The molecule has 1 N–H and O–H groups in total. The predicted molar refractivity (Wildman–Crippen MR) is 152 cm³/mol. The predicted octanol–water partition coefficient (Wildman–Crippen LogP) is 4.71. The molecule has 4 rings (SSSR count). The topological polar surface area (TPSA) is 73.3 Å². The summed E-state index contributed by atoms with van der Waals surface area (Å²) in [6.07, 6.45) is 0. The number of rotatable bonds is 9. The number of ether oxygens (including phenoxy) is 1. The number of phenolic OH excluding ortho intramolecular Hbond substituents is 1. The van der Waals surface area contributed by atoms with Gasteiger partial charge in [0.2, 0.25) is 0 Å². The number of aromatic hydroxyl groups is 1. The molecule has 0 saturated carbocycles. The van der Waals surface area contributed by atoms with Gasteiger partial charge in [0, 0.05) is 44.3 Å². The average molecular weight is 530 g/mol. The molecule has 3 atom stereocenters. The second kappa shape index (κ2) is 12.9. The summed E-state index contributed by atoms with van der Waals surface area (Å²) in [5, 5.41) is 10.3. The molecule has 1 saturated heterocycles. The molecule has 39 heavy (non-hydrogen) atoms. The fraction of sp³-hybridized carbons (Fsp3) is 0.375. The van der Waals surface area contributed by atoms with Crippen molar-refractivity contribution in [1.29, 1.82) is 0 Å². The van der Waals surface area contributed by atoms with Crippen LogP contribution in [0.4, 0.5) is 0 Å². The number of benzene rings is 3. The SMILES string of the molecule is CCOC(=O)CN(C)C(=O)c1cccc([C@H](c2cccc(O)c2)N2C[C@@H](C)N(Cc3ccccc3)C[C@@H]2C)c1. The molecule has 1 amide bonds. The Morgan fingerprint density at radius 1 is 0.949 bits per heavy atom. The number of carbonyl (C=O) groups excluding carboxylic acids is 2. The lowest BCUT2D eigenvalue weighted by Gasteiger charge is -2.47. The van der Waals surface area contributed by atoms with Crippen molar-refractivity contribution < 1.29 is 19.4 Å². The maximum atomic E-state index is 13.2. The van der Waals surface area contributed by atoms with Crippen LogP contribution in [0.3, 0.4) is 0 Å². The van der Waals surface area contributed by atoms with E-state index in [2.05, 4.69) is 47.9 Å². The molecule has 1 heterocycles. The van der Waals surface area contributed by atoms with E-state index in [0.29, 0.717) is 11.6 Å². The van der Waals surface area contributed by atoms with E-state index in [4.69, 9.17) is 4.74 Å². The quantitative estimate of drug-likeness (QED) is 0.405. The van der Waals surface area contributed by atoms with Crippen molar-refractivity contribution in [2.24, 2.45) is 0 Å². The normalized spacial score (nSPS) is 18.9. The first kappa shape index (κ1) is 28.3. The summed E-state index contributed by atoms with van der Waals surface area (Å²) in [5.74, 6) is -0.464. The summed E-state index contributed by atoms with van der Waals surface area (Å²) in [5.41, 5.74) is 3.74. The third-order valence-corrected chi connectivity index (χ3v) is 7.38. The van der Waals surface area contributed by atoms with Crippen molar-refractivity contribution in [3.63, 3.8) is 0 Å². The summed E-state index contributed by atoms with van der Waals surface area (Å²) < 4.78 is 5.01. The van der Waals surface area contributed by atoms with Gasteiger partial charge in [0.05, 0.1) is 12.6 Å². The lowest BCUT2D eigenvalue weighted by atomic mass is 9.92. The van der Waals surface area contributed by atoms with Crippen LogP contribution < -0.4 is 0 Å². The zero-order valence-corrected chi connectivity index (χ0v) is 23.3. The van der Waals surface area contributed by atoms with Crippen molar-refractivity contribution in [1.82, 2.24) is 14.7 Å². The van der Waals surface area contributed by atoms with E-state index in [9.17, 15) is 14.7 Å². The monoisotopic (exact) mass is 529 g/mol. The van der Waals surface area contributed by atoms with Gasteiger partial charge in [-0.15, -0.1) is 0 Å². The van der Waals surface area contributed by atoms with E-state index < -0.39 is 5.97 Å². The van der Waals surface area contributed by atoms with Gasteiger partial charge >= 0.3 is 5.97 Å². The molecule has 206 valence electrons. The van der Waals surface area contributed by atoms with Gasteiger partial charge in [0.1, 0.15) is 12.3 Å². The number of phenols is 1. The third-order valence-electron chi connectivity index (χ3n) is 7.38. The first-order chi connectivity index (χ1) is 18.8. The molecular weight excluding hydrogens is 490 g/mol. The standard InChI is InChI=1S/C32H39N3O4/c1-5-39-30(37)22-33(4)32(38)28-15-9-13-26(17-28)31(27-14-10-16-29(36)18-27)35-20-23(2)34(19-24(35)3)21-25-11-7-6-8-12-25/h6-18,23-24,31,36H,5,19-22H2,1-4H3/t23-,24+,31-/m1/s1. The number of nitrogens with zero attached hydrogens (tertiary/aromatic N) is 3. The van der Waals surface area contributed by atoms with E-state index in [1.165, 1.54) is 10.5 Å². The number of likely N-dealkylation sites (N-methyl/N-ethyl adjacent to an activating group) is 1. The number of hydrogen-bond acceptors (Lipinski definition) is 6. The Labute approximate surface area is 231 Å². The van der Waals surface area contributed by atoms with Crippen LogP contribution >= 0.6 is 0 Å². The molecule has 7 nitrogen and oxygen atoms in total. The van der Waals surface area contributed by atoms with Crippen molar-refractivity contribution in [3.8, 4) is 5.75 Å². The molecule has 3 aromatic carbocycles. The van der Waals surface area contributed by atoms with Gasteiger partial charge < -0.3 is 14.7 Å². The van der Waals surface area contributed by atoms with Crippen LogP contribution in [0.15, 0.2) is 78.9 Å². The van der Waals surface area contributed by atoms with Crippen LogP contribution in [-0.2, 0) is 16.1 Å². The van der Waals surface area contributed by atoms with Crippen LogP contribution in [0, 0.1) is 0 Å². The molecule has 3 aromatic rings. The number of piperazine rings is 1. The van der Waals surface area contributed by atoms with E-state index in [1.54, 1.807) is 32.2 Å². The highest BCUT2D eigenvalue weighted by Crippen LogP contribution is 2.35. The Bertz CT molecular complexity index is 1270. The smallest absolute Gasteiger partial charge is 0.325 e. The molecule has 0 aromatic heterocycles. The lowest BCUT2D eigenvalue weighted by Crippen LogP contribution is -2.56. The fourth-order valence-electron chi connectivity index (χ4n) is 5.43. The summed E-state index contributed by atoms with van der Waals surface area (Å²) >= 11 is 0.